The first-order valence-corrected chi connectivity index (χ1v) is 5.22. The number of nitrogens with zero attached hydrogens (tertiary/aromatic N) is 2. The van der Waals surface area contributed by atoms with E-state index >= 15 is 0 Å². The van der Waals surface area contributed by atoms with Gasteiger partial charge in [-0.25, -0.2) is 4.39 Å². The number of aliphatic hydroxyl groups is 1. The second-order valence-corrected chi connectivity index (χ2v) is 3.65. The maximum absolute atomic E-state index is 12.7. The van der Waals surface area contributed by atoms with E-state index in [1.165, 1.54) is 12.1 Å². The number of rotatable bonds is 5. The molecule has 5 heteroatoms. The Bertz CT molecular complexity index is 468. The molecule has 0 bridgehead atoms. The number of benzene rings is 1. The van der Waals surface area contributed by atoms with Crippen LogP contribution in [0.25, 0.3) is 0 Å². The van der Waals surface area contributed by atoms with E-state index in [9.17, 15) is 4.39 Å². The Morgan fingerprint density at radius 1 is 1.24 bits per heavy atom. The molecular weight excluding hydrogens is 223 g/mol. The lowest BCUT2D eigenvalue weighted by Crippen LogP contribution is -2.00. The minimum atomic E-state index is -0.302. The minimum absolute atomic E-state index is 0.244. The first kappa shape index (κ1) is 11.8. The van der Waals surface area contributed by atoms with Crippen LogP contribution in [0.15, 0.2) is 36.7 Å². The molecule has 1 N–H and O–H groups in total. The average Bonchev–Trinajstić information content (AvgIpc) is 2.77. The predicted octanol–water partition coefficient (Wildman–Crippen LogP) is 1.54. The molecule has 0 aliphatic carbocycles. The van der Waals surface area contributed by atoms with Crippen LogP contribution in [0.5, 0.6) is 0 Å². The maximum Gasteiger partial charge on any atom is 0.144 e. The van der Waals surface area contributed by atoms with E-state index in [1.54, 1.807) is 23.0 Å². The van der Waals surface area contributed by atoms with E-state index < -0.39 is 0 Å². The molecule has 17 heavy (non-hydrogen) atoms. The van der Waals surface area contributed by atoms with Crippen molar-refractivity contribution in [3.8, 4) is 0 Å². The van der Waals surface area contributed by atoms with Crippen molar-refractivity contribution in [1.82, 2.24) is 9.78 Å². The van der Waals surface area contributed by atoms with Gasteiger partial charge in [-0.05, 0) is 17.7 Å². The summed E-state index contributed by atoms with van der Waals surface area (Å²) < 4.78 is 19.3. The highest BCUT2D eigenvalue weighted by molar-refractivity contribution is 5.16. The molecule has 1 aromatic heterocycles. The van der Waals surface area contributed by atoms with Gasteiger partial charge in [-0.3, -0.25) is 4.68 Å². The fourth-order valence-corrected chi connectivity index (χ4v) is 1.51. The zero-order chi connectivity index (χ0) is 12.1. The van der Waals surface area contributed by atoms with Crippen LogP contribution in [0.2, 0.25) is 0 Å². The number of ether oxygens (including phenoxy) is 1. The highest BCUT2D eigenvalue weighted by Gasteiger charge is 2.00. The van der Waals surface area contributed by atoms with Crippen LogP contribution in [0.4, 0.5) is 4.39 Å². The van der Waals surface area contributed by atoms with Gasteiger partial charge in [0.05, 0.1) is 19.3 Å². The SMILES string of the molecule is OCOCc1cnn(Cc2ccc(F)cc2)c1. The first-order chi connectivity index (χ1) is 8.28. The summed E-state index contributed by atoms with van der Waals surface area (Å²) in [7, 11) is 0. The molecule has 0 atom stereocenters. The van der Waals surface area contributed by atoms with Crippen LogP contribution in [0.1, 0.15) is 11.1 Å². The minimum Gasteiger partial charge on any atom is -0.371 e. The highest BCUT2D eigenvalue weighted by Crippen LogP contribution is 2.06. The van der Waals surface area contributed by atoms with Gasteiger partial charge in [0.1, 0.15) is 12.6 Å². The van der Waals surface area contributed by atoms with Crippen LogP contribution in [-0.4, -0.2) is 21.7 Å². The van der Waals surface area contributed by atoms with Gasteiger partial charge in [0.25, 0.3) is 0 Å². The summed E-state index contributed by atoms with van der Waals surface area (Å²) in [6, 6.07) is 6.30. The zero-order valence-corrected chi connectivity index (χ0v) is 9.21. The van der Waals surface area contributed by atoms with Crippen molar-refractivity contribution in [3.63, 3.8) is 0 Å². The van der Waals surface area contributed by atoms with Crippen molar-refractivity contribution in [1.29, 1.82) is 0 Å². The van der Waals surface area contributed by atoms with Crippen molar-refractivity contribution >= 4 is 0 Å². The lowest BCUT2D eigenvalue weighted by Gasteiger charge is -2.01. The Balaban J connectivity index is 1.98. The predicted molar refractivity (Wildman–Crippen MR) is 59.6 cm³/mol. The molecule has 2 rings (SSSR count). The second kappa shape index (κ2) is 5.56. The fraction of sp³-hybridized carbons (Fsp3) is 0.250. The number of hydrogen-bond donors (Lipinski definition) is 1. The number of aromatic nitrogens is 2. The van der Waals surface area contributed by atoms with Gasteiger partial charge in [-0.2, -0.15) is 5.10 Å². The third kappa shape index (κ3) is 3.37. The summed E-state index contributed by atoms with van der Waals surface area (Å²) in [6.45, 7) is 0.614. The Kier molecular flexibility index (Phi) is 3.85. The van der Waals surface area contributed by atoms with Crippen molar-refractivity contribution in [3.05, 3.63) is 53.6 Å². The summed E-state index contributed by atoms with van der Waals surface area (Å²) in [4.78, 5) is 0. The summed E-state index contributed by atoms with van der Waals surface area (Å²) in [5.41, 5.74) is 1.87. The maximum atomic E-state index is 12.7. The molecule has 90 valence electrons. The summed E-state index contributed by atoms with van der Waals surface area (Å²) >= 11 is 0. The molecule has 0 aliphatic heterocycles. The van der Waals surface area contributed by atoms with E-state index in [4.69, 9.17) is 9.84 Å². The van der Waals surface area contributed by atoms with Crippen LogP contribution in [0, 0.1) is 5.82 Å². The van der Waals surface area contributed by atoms with Crippen molar-refractivity contribution in [2.75, 3.05) is 6.79 Å². The van der Waals surface area contributed by atoms with Crippen LogP contribution < -0.4 is 0 Å². The Hall–Kier alpha value is -1.72. The molecule has 0 aliphatic rings. The lowest BCUT2D eigenvalue weighted by atomic mass is 10.2. The number of halogens is 1. The van der Waals surface area contributed by atoms with Gasteiger partial charge >= 0.3 is 0 Å². The topological polar surface area (TPSA) is 47.3 Å². The molecule has 0 unspecified atom stereocenters. The second-order valence-electron chi connectivity index (χ2n) is 3.65. The monoisotopic (exact) mass is 236 g/mol. The third-order valence-corrected chi connectivity index (χ3v) is 2.30. The average molecular weight is 236 g/mol. The van der Waals surface area contributed by atoms with Gasteiger partial charge < -0.3 is 9.84 Å². The standard InChI is InChI=1S/C12H13FN2O2/c13-12-3-1-10(2-4-12)6-15-7-11(5-14-15)8-17-9-16/h1-5,7,16H,6,8-9H2. The molecule has 1 aromatic carbocycles. The van der Waals surface area contributed by atoms with Crippen molar-refractivity contribution in [2.24, 2.45) is 0 Å². The summed E-state index contributed by atoms with van der Waals surface area (Å²) in [5, 5.41) is 12.7. The Labute approximate surface area is 98.3 Å². The quantitative estimate of drug-likeness (QED) is 0.801. The molecule has 1 heterocycles. The Morgan fingerprint density at radius 2 is 2.00 bits per heavy atom. The smallest absolute Gasteiger partial charge is 0.144 e. The van der Waals surface area contributed by atoms with E-state index in [1.807, 2.05) is 6.20 Å². The molecule has 0 amide bonds. The molecular formula is C12H13FN2O2. The van der Waals surface area contributed by atoms with E-state index in [2.05, 4.69) is 5.10 Å². The van der Waals surface area contributed by atoms with Gasteiger partial charge in [0, 0.05) is 11.8 Å². The number of hydrogen-bond acceptors (Lipinski definition) is 3. The summed E-state index contributed by atoms with van der Waals surface area (Å²) in [5.74, 6) is -0.244. The van der Waals surface area contributed by atoms with Crippen LogP contribution >= 0.6 is 0 Å². The zero-order valence-electron chi connectivity index (χ0n) is 9.21. The molecule has 0 fully saturated rings. The molecule has 4 nitrogen and oxygen atoms in total. The first-order valence-electron chi connectivity index (χ1n) is 5.22. The highest BCUT2D eigenvalue weighted by atomic mass is 19.1. The fourth-order valence-electron chi connectivity index (χ4n) is 1.51. The molecule has 0 saturated carbocycles. The third-order valence-electron chi connectivity index (χ3n) is 2.30. The van der Waals surface area contributed by atoms with E-state index in [-0.39, 0.29) is 12.6 Å². The molecule has 0 radical (unpaired) electrons. The molecule has 0 spiro atoms. The Morgan fingerprint density at radius 3 is 2.71 bits per heavy atom. The lowest BCUT2D eigenvalue weighted by molar-refractivity contribution is -0.0112. The van der Waals surface area contributed by atoms with Crippen molar-refractivity contribution in [2.45, 2.75) is 13.2 Å². The largest absolute Gasteiger partial charge is 0.371 e. The van der Waals surface area contributed by atoms with Gasteiger partial charge in [0.2, 0.25) is 0 Å². The summed E-state index contributed by atoms with van der Waals surface area (Å²) in [6.07, 6.45) is 3.51. The van der Waals surface area contributed by atoms with Gasteiger partial charge in [-0.15, -0.1) is 0 Å². The van der Waals surface area contributed by atoms with Gasteiger partial charge in [-0.1, -0.05) is 12.1 Å². The van der Waals surface area contributed by atoms with Crippen molar-refractivity contribution < 1.29 is 14.2 Å². The van der Waals surface area contributed by atoms with Crippen LogP contribution in [0.3, 0.4) is 0 Å². The van der Waals surface area contributed by atoms with Crippen LogP contribution in [-0.2, 0) is 17.9 Å². The van der Waals surface area contributed by atoms with E-state index in [0.29, 0.717) is 13.2 Å². The van der Waals surface area contributed by atoms with Gasteiger partial charge in [0.15, 0.2) is 0 Å². The number of aliphatic hydroxyl groups excluding tert-OH is 1. The normalized spacial score (nSPS) is 10.7. The molecule has 0 saturated heterocycles. The molecule has 2 aromatic rings. The van der Waals surface area contributed by atoms with E-state index in [0.717, 1.165) is 11.1 Å².